The largest absolute Gasteiger partial charge is 0.295 e. The van der Waals surface area contributed by atoms with Crippen LogP contribution < -0.4 is 10.9 Å². The number of rotatable bonds is 1. The lowest BCUT2D eigenvalue weighted by molar-refractivity contribution is -0.136. The molecule has 0 aliphatic carbocycles. The van der Waals surface area contributed by atoms with Crippen LogP contribution in [-0.2, 0) is 9.59 Å². The number of nitrogens with one attached hydrogen (secondary N) is 1. The van der Waals surface area contributed by atoms with Crippen molar-refractivity contribution in [1.82, 2.24) is 15.1 Å². The van der Waals surface area contributed by atoms with Crippen molar-refractivity contribution in [3.63, 3.8) is 0 Å². The van der Waals surface area contributed by atoms with E-state index in [-0.39, 0.29) is 23.8 Å². The Bertz CT molecular complexity index is 511. The number of imide groups is 1. The Morgan fingerprint density at radius 2 is 2.19 bits per heavy atom. The van der Waals surface area contributed by atoms with Crippen LogP contribution in [0.3, 0.4) is 0 Å². The lowest BCUT2D eigenvalue weighted by atomic mass is 10.1. The second-order valence-corrected chi connectivity index (χ2v) is 3.80. The maximum atomic E-state index is 11.6. The standard InChI is InChI=1S/C9H8ClN3O3/c10-5-3-4-11-13(9(5)16)6-1-2-7(14)12-8(6)15/h3-4,6H,1-2H2,(H,12,14,15). The van der Waals surface area contributed by atoms with Crippen LogP contribution in [0.5, 0.6) is 0 Å². The summed E-state index contributed by atoms with van der Waals surface area (Å²) < 4.78 is 1.00. The molecule has 1 aliphatic rings. The zero-order chi connectivity index (χ0) is 11.7. The number of aromatic nitrogens is 2. The Morgan fingerprint density at radius 1 is 1.44 bits per heavy atom. The van der Waals surface area contributed by atoms with Gasteiger partial charge in [-0.25, -0.2) is 4.68 Å². The van der Waals surface area contributed by atoms with Gasteiger partial charge in [0.15, 0.2) is 0 Å². The first kappa shape index (κ1) is 10.8. The molecule has 0 spiro atoms. The van der Waals surface area contributed by atoms with Crippen LogP contribution in [0.2, 0.25) is 5.02 Å². The van der Waals surface area contributed by atoms with Crippen molar-refractivity contribution in [2.45, 2.75) is 18.9 Å². The van der Waals surface area contributed by atoms with E-state index in [2.05, 4.69) is 10.4 Å². The minimum atomic E-state index is -0.760. The first-order chi connectivity index (χ1) is 7.59. The number of carbonyl (C=O) groups excluding carboxylic acids is 2. The van der Waals surface area contributed by atoms with E-state index in [9.17, 15) is 14.4 Å². The molecule has 2 rings (SSSR count). The molecule has 1 unspecified atom stereocenters. The van der Waals surface area contributed by atoms with E-state index in [1.54, 1.807) is 0 Å². The second-order valence-electron chi connectivity index (χ2n) is 3.40. The Hall–Kier alpha value is -1.69. The fourth-order valence-corrected chi connectivity index (χ4v) is 1.68. The van der Waals surface area contributed by atoms with Crippen LogP contribution in [0.25, 0.3) is 0 Å². The summed E-state index contributed by atoms with van der Waals surface area (Å²) in [6, 6.07) is 0.593. The molecule has 1 aromatic rings. The number of carbonyl (C=O) groups is 2. The predicted octanol–water partition coefficient (Wildman–Crippen LogP) is -0.126. The maximum absolute atomic E-state index is 11.6. The summed E-state index contributed by atoms with van der Waals surface area (Å²) in [6.07, 6.45) is 1.79. The number of hydrogen-bond donors (Lipinski definition) is 1. The molecular formula is C9H8ClN3O3. The molecule has 16 heavy (non-hydrogen) atoms. The number of nitrogens with zero attached hydrogens (tertiary/aromatic N) is 2. The quantitative estimate of drug-likeness (QED) is 0.695. The highest BCUT2D eigenvalue weighted by atomic mass is 35.5. The van der Waals surface area contributed by atoms with Crippen LogP contribution in [0.15, 0.2) is 17.1 Å². The monoisotopic (exact) mass is 241 g/mol. The van der Waals surface area contributed by atoms with Crippen molar-refractivity contribution in [2.75, 3.05) is 0 Å². The van der Waals surface area contributed by atoms with Crippen LogP contribution in [0.1, 0.15) is 18.9 Å². The minimum Gasteiger partial charge on any atom is -0.295 e. The fourth-order valence-electron chi connectivity index (χ4n) is 1.54. The van der Waals surface area contributed by atoms with Gasteiger partial charge in [0.1, 0.15) is 11.1 Å². The summed E-state index contributed by atoms with van der Waals surface area (Å²) >= 11 is 5.64. The molecule has 1 N–H and O–H groups in total. The summed E-state index contributed by atoms with van der Waals surface area (Å²) in [5, 5.41) is 5.94. The molecule has 0 aromatic carbocycles. The van der Waals surface area contributed by atoms with Crippen molar-refractivity contribution in [1.29, 1.82) is 0 Å². The third-order valence-corrected chi connectivity index (χ3v) is 2.62. The molecule has 7 heteroatoms. The van der Waals surface area contributed by atoms with E-state index in [1.807, 2.05) is 0 Å². The molecule has 1 aromatic heterocycles. The van der Waals surface area contributed by atoms with Gasteiger partial charge in [-0.1, -0.05) is 11.6 Å². The Morgan fingerprint density at radius 3 is 2.88 bits per heavy atom. The zero-order valence-corrected chi connectivity index (χ0v) is 8.90. The number of hydrogen-bond acceptors (Lipinski definition) is 4. The SMILES string of the molecule is O=C1CCC(n2nccc(Cl)c2=O)C(=O)N1. The highest BCUT2D eigenvalue weighted by Crippen LogP contribution is 2.15. The molecule has 0 radical (unpaired) electrons. The van der Waals surface area contributed by atoms with Gasteiger partial charge in [-0.15, -0.1) is 0 Å². The van der Waals surface area contributed by atoms with Crippen LogP contribution >= 0.6 is 11.6 Å². The zero-order valence-electron chi connectivity index (χ0n) is 8.14. The molecule has 84 valence electrons. The first-order valence-electron chi connectivity index (χ1n) is 4.66. The number of amides is 2. The van der Waals surface area contributed by atoms with Gasteiger partial charge in [-0.05, 0) is 12.5 Å². The molecule has 0 saturated carbocycles. The number of piperidine rings is 1. The minimum absolute atomic E-state index is 0.000278. The summed E-state index contributed by atoms with van der Waals surface area (Å²) in [6.45, 7) is 0. The lowest BCUT2D eigenvalue weighted by Crippen LogP contribution is -2.45. The molecule has 6 nitrogen and oxygen atoms in total. The lowest BCUT2D eigenvalue weighted by Gasteiger charge is -2.21. The Labute approximate surface area is 95.2 Å². The van der Waals surface area contributed by atoms with Crippen molar-refractivity contribution >= 4 is 23.4 Å². The van der Waals surface area contributed by atoms with Gasteiger partial charge in [0, 0.05) is 12.6 Å². The third kappa shape index (κ3) is 1.83. The smallest absolute Gasteiger partial charge is 0.286 e. The van der Waals surface area contributed by atoms with Crippen LogP contribution in [0.4, 0.5) is 0 Å². The molecule has 1 aliphatic heterocycles. The molecule has 1 saturated heterocycles. The predicted molar refractivity (Wildman–Crippen MR) is 54.9 cm³/mol. The summed E-state index contributed by atoms with van der Waals surface area (Å²) in [4.78, 5) is 34.0. The van der Waals surface area contributed by atoms with E-state index in [0.717, 1.165) is 4.68 Å². The van der Waals surface area contributed by atoms with E-state index < -0.39 is 17.5 Å². The number of halogens is 1. The van der Waals surface area contributed by atoms with Crippen LogP contribution in [0, 0.1) is 0 Å². The van der Waals surface area contributed by atoms with Gasteiger partial charge in [0.05, 0.1) is 0 Å². The van der Waals surface area contributed by atoms with Gasteiger partial charge >= 0.3 is 0 Å². The fraction of sp³-hybridized carbons (Fsp3) is 0.333. The molecule has 2 amide bonds. The van der Waals surface area contributed by atoms with Crippen molar-refractivity contribution in [2.24, 2.45) is 0 Å². The molecule has 1 fully saturated rings. The van der Waals surface area contributed by atoms with E-state index >= 15 is 0 Å². The molecule has 2 heterocycles. The summed E-state index contributed by atoms with van der Waals surface area (Å²) in [7, 11) is 0. The first-order valence-corrected chi connectivity index (χ1v) is 5.04. The molecule has 0 bridgehead atoms. The van der Waals surface area contributed by atoms with Gasteiger partial charge in [0.25, 0.3) is 11.5 Å². The van der Waals surface area contributed by atoms with E-state index in [1.165, 1.54) is 12.3 Å². The van der Waals surface area contributed by atoms with Crippen molar-refractivity contribution < 1.29 is 9.59 Å². The third-order valence-electron chi connectivity index (χ3n) is 2.33. The highest BCUT2D eigenvalue weighted by molar-refractivity contribution is 6.30. The van der Waals surface area contributed by atoms with Crippen LogP contribution in [-0.4, -0.2) is 21.6 Å². The topological polar surface area (TPSA) is 81.1 Å². The maximum Gasteiger partial charge on any atom is 0.286 e. The van der Waals surface area contributed by atoms with E-state index in [0.29, 0.717) is 0 Å². The summed E-state index contributed by atoms with van der Waals surface area (Å²) in [5.41, 5.74) is -0.529. The Balaban J connectivity index is 2.38. The Kier molecular flexibility index (Phi) is 2.74. The van der Waals surface area contributed by atoms with Gasteiger partial charge in [0.2, 0.25) is 5.91 Å². The highest BCUT2D eigenvalue weighted by Gasteiger charge is 2.29. The van der Waals surface area contributed by atoms with Crippen molar-refractivity contribution in [3.05, 3.63) is 27.6 Å². The average molecular weight is 242 g/mol. The molecule has 1 atom stereocenters. The second kappa shape index (κ2) is 4.05. The average Bonchev–Trinajstić information content (AvgIpc) is 2.23. The van der Waals surface area contributed by atoms with Gasteiger partial charge in [-0.3, -0.25) is 19.7 Å². The van der Waals surface area contributed by atoms with Gasteiger partial charge < -0.3 is 0 Å². The molecular weight excluding hydrogens is 234 g/mol. The van der Waals surface area contributed by atoms with Gasteiger partial charge in [-0.2, -0.15) is 5.10 Å². The van der Waals surface area contributed by atoms with Crippen molar-refractivity contribution in [3.8, 4) is 0 Å². The normalized spacial score (nSPS) is 20.7. The summed E-state index contributed by atoms with van der Waals surface area (Å²) in [5.74, 6) is -0.857. The van der Waals surface area contributed by atoms with E-state index in [4.69, 9.17) is 11.6 Å².